The first kappa shape index (κ1) is 38.7. The van der Waals surface area contributed by atoms with Crippen LogP contribution in [-0.2, 0) is 5.41 Å². The minimum absolute atomic E-state index is 0.0336. The van der Waals surface area contributed by atoms with Crippen LogP contribution in [0.2, 0.25) is 0 Å². The first-order valence-electron chi connectivity index (χ1n) is 21.7. The van der Waals surface area contributed by atoms with Gasteiger partial charge in [0.05, 0.1) is 22.4 Å². The SMILES string of the molecule is Cc1cc(C)c(N2CN(c3cccc(Oc4ccc5c6c7c(ccc6n(-c6cc(C(C)(C)C)ccn6)c5c4)sc4ccccc47)c3)C(c3ccccc3)=C2c2ccccc2)c(C)c1. The molecule has 0 atom stereocenters. The van der Waals surface area contributed by atoms with Crippen molar-refractivity contribution < 1.29 is 4.74 Å². The number of anilines is 2. The second-order valence-corrected chi connectivity index (χ2v) is 19.0. The fourth-order valence-electron chi connectivity index (χ4n) is 9.78. The fraction of sp³-hybridized carbons (Fsp3) is 0.140. The molecule has 7 aromatic carbocycles. The Labute approximate surface area is 372 Å². The molecular weight excluding hydrogens is 789 g/mol. The minimum atomic E-state index is -0.0336. The number of hydrogen-bond donors (Lipinski definition) is 0. The molecule has 3 aromatic heterocycles. The highest BCUT2D eigenvalue weighted by atomic mass is 32.1. The van der Waals surface area contributed by atoms with E-state index in [4.69, 9.17) is 9.72 Å². The molecule has 5 nitrogen and oxygen atoms in total. The number of aromatic nitrogens is 2. The number of ether oxygens (including phenoxy) is 1. The summed E-state index contributed by atoms with van der Waals surface area (Å²) in [6.45, 7) is 14.0. The summed E-state index contributed by atoms with van der Waals surface area (Å²) in [7, 11) is 0. The largest absolute Gasteiger partial charge is 0.457 e. The van der Waals surface area contributed by atoms with Crippen molar-refractivity contribution in [2.75, 3.05) is 16.5 Å². The van der Waals surface area contributed by atoms with Gasteiger partial charge in [-0.2, -0.15) is 0 Å². The molecule has 0 unspecified atom stereocenters. The number of aryl methyl sites for hydroxylation is 3. The Balaban J connectivity index is 1.06. The van der Waals surface area contributed by atoms with Crippen LogP contribution in [0.1, 0.15) is 54.2 Å². The lowest BCUT2D eigenvalue weighted by Crippen LogP contribution is -2.28. The predicted octanol–water partition coefficient (Wildman–Crippen LogP) is 15.4. The first-order valence-corrected chi connectivity index (χ1v) is 22.5. The summed E-state index contributed by atoms with van der Waals surface area (Å²) in [5, 5.41) is 4.98. The maximum absolute atomic E-state index is 6.92. The van der Waals surface area contributed by atoms with Gasteiger partial charge >= 0.3 is 0 Å². The van der Waals surface area contributed by atoms with Crippen LogP contribution < -0.4 is 14.5 Å². The monoisotopic (exact) mass is 836 g/mol. The number of fused-ring (bicyclic) bond motifs is 7. The average Bonchev–Trinajstić information content (AvgIpc) is 3.96. The Morgan fingerprint density at radius 3 is 1.97 bits per heavy atom. The number of nitrogens with zero attached hydrogens (tertiary/aromatic N) is 4. The summed E-state index contributed by atoms with van der Waals surface area (Å²) >= 11 is 1.85. The van der Waals surface area contributed by atoms with E-state index < -0.39 is 0 Å². The second-order valence-electron chi connectivity index (χ2n) is 17.9. The van der Waals surface area contributed by atoms with Gasteiger partial charge in [0.1, 0.15) is 24.0 Å². The van der Waals surface area contributed by atoms with Crippen LogP contribution in [0, 0.1) is 20.8 Å². The summed E-state index contributed by atoms with van der Waals surface area (Å²) in [5.74, 6) is 2.43. The van der Waals surface area contributed by atoms with Crippen LogP contribution in [0.15, 0.2) is 170 Å². The van der Waals surface area contributed by atoms with E-state index in [-0.39, 0.29) is 5.41 Å². The van der Waals surface area contributed by atoms with Crippen molar-refractivity contribution in [3.8, 4) is 17.3 Å². The normalized spacial score (nSPS) is 13.4. The van der Waals surface area contributed by atoms with Crippen molar-refractivity contribution in [2.24, 2.45) is 0 Å². The number of pyridine rings is 1. The van der Waals surface area contributed by atoms with E-state index in [2.05, 4.69) is 220 Å². The zero-order chi connectivity index (χ0) is 43.0. The molecule has 0 saturated heterocycles. The smallest absolute Gasteiger partial charge is 0.137 e. The third-order valence-electron chi connectivity index (χ3n) is 12.5. The molecule has 6 heteroatoms. The molecule has 11 rings (SSSR count). The van der Waals surface area contributed by atoms with Crippen LogP contribution >= 0.6 is 11.3 Å². The summed E-state index contributed by atoms with van der Waals surface area (Å²) < 4.78 is 11.8. The molecule has 1 aliphatic rings. The van der Waals surface area contributed by atoms with E-state index in [1.165, 1.54) is 70.1 Å². The van der Waals surface area contributed by atoms with Gasteiger partial charge in [0, 0.05) is 71.8 Å². The Morgan fingerprint density at radius 2 is 1.24 bits per heavy atom. The topological polar surface area (TPSA) is 33.5 Å². The number of rotatable bonds is 7. The van der Waals surface area contributed by atoms with Crippen molar-refractivity contribution in [3.63, 3.8) is 0 Å². The predicted molar refractivity (Wildman–Crippen MR) is 267 cm³/mol. The molecule has 0 fully saturated rings. The van der Waals surface area contributed by atoms with Crippen LogP contribution in [0.5, 0.6) is 11.5 Å². The van der Waals surface area contributed by atoms with Crippen LogP contribution in [0.3, 0.4) is 0 Å². The van der Waals surface area contributed by atoms with Gasteiger partial charge in [0.15, 0.2) is 0 Å². The lowest BCUT2D eigenvalue weighted by atomic mass is 9.88. The van der Waals surface area contributed by atoms with Gasteiger partial charge < -0.3 is 14.5 Å². The molecule has 0 saturated carbocycles. The van der Waals surface area contributed by atoms with E-state index in [1.54, 1.807) is 0 Å². The maximum Gasteiger partial charge on any atom is 0.137 e. The Hall–Kier alpha value is -7.15. The standard InChI is InChI=1S/C57H48N4OS/c1-36-30-37(2)54(38(3)31-36)60-35-59(55(39-16-9-7-10-17-39)56(60)40-18-11-8-12-19-40)42-20-15-21-43(33-42)62-44-24-25-45-48(34-44)61(51-32-41(28-29-58-51)57(4,5)6)47-26-27-50-53(52(45)47)46-22-13-14-23-49(46)63-50/h7-34H,35H2,1-6H3. The third-order valence-corrected chi connectivity index (χ3v) is 13.6. The molecule has 0 amide bonds. The molecule has 0 aliphatic carbocycles. The van der Waals surface area contributed by atoms with Crippen LogP contribution in [0.4, 0.5) is 11.4 Å². The first-order chi connectivity index (χ1) is 30.6. The van der Waals surface area contributed by atoms with Crippen molar-refractivity contribution in [1.82, 2.24) is 9.55 Å². The molecule has 0 N–H and O–H groups in total. The van der Waals surface area contributed by atoms with E-state index in [0.29, 0.717) is 6.67 Å². The molecule has 10 aromatic rings. The van der Waals surface area contributed by atoms with E-state index in [0.717, 1.165) is 45.3 Å². The van der Waals surface area contributed by atoms with Gasteiger partial charge in [-0.25, -0.2) is 4.98 Å². The number of benzene rings is 7. The average molecular weight is 837 g/mol. The Bertz CT molecular complexity index is 3400. The summed E-state index contributed by atoms with van der Waals surface area (Å²) in [6, 6.07) is 58.9. The number of thiophene rings is 1. The third kappa shape index (κ3) is 6.64. The highest BCUT2D eigenvalue weighted by Gasteiger charge is 2.34. The molecule has 63 heavy (non-hydrogen) atoms. The lowest BCUT2D eigenvalue weighted by Gasteiger charge is -2.28. The zero-order valence-electron chi connectivity index (χ0n) is 36.5. The Kier molecular flexibility index (Phi) is 9.25. The Morgan fingerprint density at radius 1 is 0.556 bits per heavy atom. The van der Waals surface area contributed by atoms with E-state index >= 15 is 0 Å². The second kappa shape index (κ2) is 15.0. The van der Waals surface area contributed by atoms with Gasteiger partial charge in [0.25, 0.3) is 0 Å². The molecule has 1 aliphatic heterocycles. The quantitative estimate of drug-likeness (QED) is 0.160. The molecule has 0 radical (unpaired) electrons. The summed E-state index contributed by atoms with van der Waals surface area (Å²) in [4.78, 5) is 9.95. The minimum Gasteiger partial charge on any atom is -0.457 e. The fourth-order valence-corrected chi connectivity index (χ4v) is 10.9. The van der Waals surface area contributed by atoms with Crippen molar-refractivity contribution in [1.29, 1.82) is 0 Å². The molecule has 308 valence electrons. The molecular formula is C57H48N4OS. The van der Waals surface area contributed by atoms with Gasteiger partial charge in [-0.15, -0.1) is 11.3 Å². The molecule has 4 heterocycles. The lowest BCUT2D eigenvalue weighted by molar-refractivity contribution is 0.483. The number of hydrogen-bond acceptors (Lipinski definition) is 5. The maximum atomic E-state index is 6.92. The summed E-state index contributed by atoms with van der Waals surface area (Å²) in [5.41, 5.74) is 14.1. The van der Waals surface area contributed by atoms with Gasteiger partial charge in [-0.05, 0) is 97.5 Å². The highest BCUT2D eigenvalue weighted by Crippen LogP contribution is 2.47. The van der Waals surface area contributed by atoms with Crippen molar-refractivity contribution >= 4 is 76.1 Å². The van der Waals surface area contributed by atoms with Crippen LogP contribution in [0.25, 0.3) is 59.2 Å². The van der Waals surface area contributed by atoms with Crippen molar-refractivity contribution in [3.05, 3.63) is 203 Å². The van der Waals surface area contributed by atoms with Crippen molar-refractivity contribution in [2.45, 2.75) is 47.0 Å². The summed E-state index contributed by atoms with van der Waals surface area (Å²) in [6.07, 6.45) is 1.94. The molecule has 0 bridgehead atoms. The van der Waals surface area contributed by atoms with Gasteiger partial charge in [-0.1, -0.05) is 123 Å². The van der Waals surface area contributed by atoms with Crippen LogP contribution in [-0.4, -0.2) is 16.2 Å². The zero-order valence-corrected chi connectivity index (χ0v) is 37.3. The van der Waals surface area contributed by atoms with Gasteiger partial charge in [-0.3, -0.25) is 4.57 Å². The highest BCUT2D eigenvalue weighted by molar-refractivity contribution is 7.26. The molecule has 0 spiro atoms. The van der Waals surface area contributed by atoms with E-state index in [9.17, 15) is 0 Å². The van der Waals surface area contributed by atoms with E-state index in [1.807, 2.05) is 17.5 Å². The van der Waals surface area contributed by atoms with Gasteiger partial charge in [0.2, 0.25) is 0 Å².